The predicted octanol–water partition coefficient (Wildman–Crippen LogP) is 1.20. The Labute approximate surface area is 110 Å². The first-order valence-electron chi connectivity index (χ1n) is 5.39. The molecule has 19 heavy (non-hydrogen) atoms. The van der Waals surface area contributed by atoms with Crippen LogP contribution in [0.5, 0.6) is 0 Å². The summed E-state index contributed by atoms with van der Waals surface area (Å²) in [7, 11) is 1.27. The summed E-state index contributed by atoms with van der Waals surface area (Å²) in [5.41, 5.74) is 1.18. The van der Waals surface area contributed by atoms with Crippen LogP contribution in [0.4, 0.5) is 5.69 Å². The van der Waals surface area contributed by atoms with Crippen molar-refractivity contribution < 1.29 is 19.2 Å². The lowest BCUT2D eigenvalue weighted by Crippen LogP contribution is -2.27. The zero-order valence-electron chi connectivity index (χ0n) is 11.0. The summed E-state index contributed by atoms with van der Waals surface area (Å²) in [4.78, 5) is 30.1. The lowest BCUT2D eigenvalue weighted by molar-refractivity contribution is -0.384. The Morgan fingerprint density at radius 3 is 2.21 bits per heavy atom. The number of carbonyl (C=O) groups is 2. The molecule has 0 aliphatic heterocycles. The third-order valence-electron chi connectivity index (χ3n) is 1.95. The van der Waals surface area contributed by atoms with Crippen molar-refractivity contribution in [2.75, 3.05) is 13.7 Å². The van der Waals surface area contributed by atoms with Crippen LogP contribution in [-0.4, -0.2) is 30.5 Å². The smallest absolute Gasteiger partial charge is 0.325 e. The summed E-state index contributed by atoms with van der Waals surface area (Å²) in [5, 5.41) is 12.4. The lowest BCUT2D eigenvalue weighted by atomic mass is 10.2. The minimum absolute atomic E-state index is 0.0498. The molecule has 1 amide bonds. The highest BCUT2D eigenvalue weighted by atomic mass is 16.6. The minimum atomic E-state index is -0.440. The summed E-state index contributed by atoms with van der Waals surface area (Å²) < 4.78 is 4.25. The lowest BCUT2D eigenvalue weighted by Gasteiger charge is -1.97. The van der Waals surface area contributed by atoms with Gasteiger partial charge in [-0.2, -0.15) is 0 Å². The van der Waals surface area contributed by atoms with E-state index >= 15 is 0 Å². The molecule has 104 valence electrons. The molecule has 0 aliphatic rings. The number of carbonyl (C=O) groups excluding carboxylic acids is 2. The van der Waals surface area contributed by atoms with Crippen molar-refractivity contribution in [3.8, 4) is 0 Å². The Hall–Kier alpha value is -2.44. The number of methoxy groups -OCH3 is 1. The first-order valence-corrected chi connectivity index (χ1v) is 5.39. The van der Waals surface area contributed by atoms with Crippen LogP contribution in [-0.2, 0) is 14.3 Å². The molecule has 0 fully saturated rings. The van der Waals surface area contributed by atoms with Gasteiger partial charge in [-0.1, -0.05) is 17.7 Å². The molecule has 0 unspecified atom stereocenters. The molecule has 1 N–H and O–H groups in total. The van der Waals surface area contributed by atoms with Crippen molar-refractivity contribution in [3.05, 3.63) is 39.9 Å². The molecule has 0 spiro atoms. The fourth-order valence-electron chi connectivity index (χ4n) is 0.935. The number of hydrogen-bond acceptors (Lipinski definition) is 5. The van der Waals surface area contributed by atoms with Crippen LogP contribution < -0.4 is 5.32 Å². The SMILES string of the molecule is COC(=O)CNC(C)=O.Cc1ccc([N+](=O)[O-])cc1. The van der Waals surface area contributed by atoms with Crippen LogP contribution in [0.2, 0.25) is 0 Å². The van der Waals surface area contributed by atoms with Crippen LogP contribution >= 0.6 is 0 Å². The quantitative estimate of drug-likeness (QED) is 0.504. The summed E-state index contributed by atoms with van der Waals surface area (Å²) in [6.45, 7) is 3.18. The number of rotatable bonds is 3. The first-order chi connectivity index (χ1) is 8.86. The molecular formula is C12H16N2O5. The van der Waals surface area contributed by atoms with Crippen LogP contribution in [0, 0.1) is 17.0 Å². The van der Waals surface area contributed by atoms with Crippen LogP contribution in [0.3, 0.4) is 0 Å². The molecule has 0 atom stereocenters. The van der Waals surface area contributed by atoms with Crippen molar-refractivity contribution in [2.45, 2.75) is 13.8 Å². The third-order valence-corrected chi connectivity index (χ3v) is 1.95. The molecule has 7 nitrogen and oxygen atoms in total. The standard InChI is InChI=1S/C7H7NO2.C5H9NO3/c1-6-2-4-7(5-3-6)8(9)10;1-4(7)6-3-5(8)9-2/h2-5H,1H3;3H2,1-2H3,(H,6,7). The van der Waals surface area contributed by atoms with Gasteiger partial charge in [0.1, 0.15) is 6.54 Å². The number of nitro benzene ring substituents is 1. The highest BCUT2D eigenvalue weighted by Gasteiger charge is 2.00. The van der Waals surface area contributed by atoms with Crippen molar-refractivity contribution >= 4 is 17.6 Å². The Morgan fingerprint density at radius 1 is 1.32 bits per heavy atom. The molecule has 7 heteroatoms. The Morgan fingerprint density at radius 2 is 1.84 bits per heavy atom. The van der Waals surface area contributed by atoms with Gasteiger partial charge in [-0.3, -0.25) is 19.7 Å². The maximum atomic E-state index is 10.3. The van der Waals surface area contributed by atoms with Gasteiger partial charge in [-0.05, 0) is 6.92 Å². The molecule has 0 bridgehead atoms. The van der Waals surface area contributed by atoms with E-state index in [1.54, 1.807) is 12.1 Å². The number of hydrogen-bond donors (Lipinski definition) is 1. The first kappa shape index (κ1) is 16.6. The summed E-state index contributed by atoms with van der Waals surface area (Å²) in [6.07, 6.45) is 0. The molecular weight excluding hydrogens is 252 g/mol. The number of nitro groups is 1. The normalized spacial score (nSPS) is 8.79. The van der Waals surface area contributed by atoms with E-state index < -0.39 is 10.9 Å². The Kier molecular flexibility index (Phi) is 7.51. The van der Waals surface area contributed by atoms with Crippen LogP contribution in [0.25, 0.3) is 0 Å². The largest absolute Gasteiger partial charge is 0.468 e. The second kappa shape index (κ2) is 8.62. The molecule has 0 aromatic heterocycles. The number of ether oxygens (including phenoxy) is 1. The molecule has 0 saturated heterocycles. The van der Waals surface area contributed by atoms with Gasteiger partial charge >= 0.3 is 5.97 Å². The third kappa shape index (κ3) is 8.31. The summed E-state index contributed by atoms with van der Waals surface area (Å²) in [5.74, 6) is -0.675. The number of nitrogens with zero attached hydrogens (tertiary/aromatic N) is 1. The molecule has 0 saturated carbocycles. The molecule has 0 aliphatic carbocycles. The highest BCUT2D eigenvalue weighted by Crippen LogP contribution is 2.10. The van der Waals surface area contributed by atoms with Gasteiger partial charge in [0.25, 0.3) is 5.69 Å². The highest BCUT2D eigenvalue weighted by molar-refractivity contribution is 5.80. The van der Waals surface area contributed by atoms with Crippen molar-refractivity contribution in [1.82, 2.24) is 5.32 Å². The number of benzene rings is 1. The van der Waals surface area contributed by atoms with Crippen LogP contribution in [0.15, 0.2) is 24.3 Å². The molecule has 1 aromatic rings. The summed E-state index contributed by atoms with van der Waals surface area (Å²) in [6, 6.07) is 6.43. The van der Waals surface area contributed by atoms with E-state index in [4.69, 9.17) is 0 Å². The number of esters is 1. The van der Waals surface area contributed by atoms with Crippen molar-refractivity contribution in [2.24, 2.45) is 0 Å². The van der Waals surface area contributed by atoms with E-state index in [1.165, 1.54) is 26.2 Å². The number of aryl methyl sites for hydroxylation is 1. The van der Waals surface area contributed by atoms with E-state index in [9.17, 15) is 19.7 Å². The molecule has 0 heterocycles. The average Bonchev–Trinajstić information content (AvgIpc) is 2.37. The van der Waals surface area contributed by atoms with Gasteiger partial charge < -0.3 is 10.1 Å². The van der Waals surface area contributed by atoms with E-state index in [0.717, 1.165) is 5.56 Å². The fraction of sp³-hybridized carbons (Fsp3) is 0.333. The zero-order chi connectivity index (χ0) is 14.8. The van der Waals surface area contributed by atoms with E-state index in [1.807, 2.05) is 6.92 Å². The van der Waals surface area contributed by atoms with Crippen LogP contribution in [0.1, 0.15) is 12.5 Å². The van der Waals surface area contributed by atoms with Gasteiger partial charge in [0, 0.05) is 19.1 Å². The maximum absolute atomic E-state index is 10.3. The number of nitrogens with one attached hydrogen (secondary N) is 1. The van der Waals surface area contributed by atoms with Gasteiger partial charge in [0.2, 0.25) is 5.91 Å². The average molecular weight is 268 g/mol. The van der Waals surface area contributed by atoms with Crippen molar-refractivity contribution in [1.29, 1.82) is 0 Å². The second-order valence-electron chi connectivity index (χ2n) is 3.58. The summed E-state index contributed by atoms with van der Waals surface area (Å²) >= 11 is 0. The van der Waals surface area contributed by atoms with Gasteiger partial charge in [0.15, 0.2) is 0 Å². The molecule has 1 aromatic carbocycles. The van der Waals surface area contributed by atoms with E-state index in [0.29, 0.717) is 0 Å². The molecule has 1 rings (SSSR count). The Balaban J connectivity index is 0.000000344. The van der Waals surface area contributed by atoms with Gasteiger partial charge in [-0.15, -0.1) is 0 Å². The minimum Gasteiger partial charge on any atom is -0.468 e. The van der Waals surface area contributed by atoms with Gasteiger partial charge in [0.05, 0.1) is 12.0 Å². The van der Waals surface area contributed by atoms with E-state index in [2.05, 4.69) is 10.1 Å². The second-order valence-corrected chi connectivity index (χ2v) is 3.58. The number of amides is 1. The van der Waals surface area contributed by atoms with Gasteiger partial charge in [-0.25, -0.2) is 0 Å². The topological polar surface area (TPSA) is 98.5 Å². The molecule has 0 radical (unpaired) electrons. The Bertz CT molecular complexity index is 442. The monoisotopic (exact) mass is 268 g/mol. The number of non-ortho nitro benzene ring substituents is 1. The fourth-order valence-corrected chi connectivity index (χ4v) is 0.935. The maximum Gasteiger partial charge on any atom is 0.325 e. The zero-order valence-corrected chi connectivity index (χ0v) is 11.0. The van der Waals surface area contributed by atoms with Crippen molar-refractivity contribution in [3.63, 3.8) is 0 Å². The van der Waals surface area contributed by atoms with E-state index in [-0.39, 0.29) is 18.1 Å². The predicted molar refractivity (Wildman–Crippen MR) is 68.5 cm³/mol.